The first-order chi connectivity index (χ1) is 14.9. The molecule has 2 aromatic carbocycles. The van der Waals surface area contributed by atoms with Crippen LogP contribution >= 0.6 is 0 Å². The van der Waals surface area contributed by atoms with Gasteiger partial charge in [-0.25, -0.2) is 13.2 Å². The fraction of sp³-hybridized carbons (Fsp3) is 0.190. The molecule has 0 spiro atoms. The Hall–Kier alpha value is -3.82. The molecule has 0 saturated carbocycles. The van der Waals surface area contributed by atoms with Gasteiger partial charge in [0.1, 0.15) is 17.3 Å². The van der Waals surface area contributed by atoms with Crippen LogP contribution in [0, 0.1) is 24.4 Å². The van der Waals surface area contributed by atoms with Gasteiger partial charge in [-0.1, -0.05) is 23.2 Å². The predicted molar refractivity (Wildman–Crippen MR) is 107 cm³/mol. The summed E-state index contributed by atoms with van der Waals surface area (Å²) in [7, 11) is 0. The lowest BCUT2D eigenvalue weighted by atomic mass is 10.1. The van der Waals surface area contributed by atoms with Gasteiger partial charge in [-0.05, 0) is 43.2 Å². The monoisotopic (exact) mass is 429 g/mol. The highest BCUT2D eigenvalue weighted by atomic mass is 19.2. The van der Waals surface area contributed by atoms with Gasteiger partial charge in [0.05, 0.1) is 23.5 Å². The molecule has 160 valence electrons. The van der Waals surface area contributed by atoms with Crippen molar-refractivity contribution in [3.8, 4) is 11.5 Å². The lowest BCUT2D eigenvalue weighted by molar-refractivity contribution is 0.391. The van der Waals surface area contributed by atoms with E-state index in [9.17, 15) is 13.2 Å². The lowest BCUT2D eigenvalue weighted by Crippen LogP contribution is -2.02. The zero-order valence-corrected chi connectivity index (χ0v) is 16.7. The van der Waals surface area contributed by atoms with E-state index in [2.05, 4.69) is 26.0 Å². The van der Waals surface area contributed by atoms with Crippen LogP contribution in [0.3, 0.4) is 0 Å². The van der Waals surface area contributed by atoms with Gasteiger partial charge in [0.15, 0.2) is 11.6 Å². The van der Waals surface area contributed by atoms with E-state index in [1.807, 2.05) is 6.92 Å². The molecule has 0 aliphatic heterocycles. The van der Waals surface area contributed by atoms with E-state index in [1.54, 1.807) is 19.1 Å². The Balaban J connectivity index is 1.62. The van der Waals surface area contributed by atoms with Gasteiger partial charge >= 0.3 is 6.01 Å². The summed E-state index contributed by atoms with van der Waals surface area (Å²) >= 11 is 0. The van der Waals surface area contributed by atoms with E-state index >= 15 is 0 Å². The van der Waals surface area contributed by atoms with Crippen LogP contribution in [0.25, 0.3) is 11.5 Å². The summed E-state index contributed by atoms with van der Waals surface area (Å²) in [5.41, 5.74) is 1.15. The molecular weight excluding hydrogens is 411 g/mol. The zero-order valence-electron chi connectivity index (χ0n) is 16.7. The van der Waals surface area contributed by atoms with Crippen LogP contribution < -0.4 is 10.6 Å². The number of nitrogens with one attached hydrogen (secondary N) is 2. The maximum absolute atomic E-state index is 14.6. The third kappa shape index (κ3) is 4.37. The van der Waals surface area contributed by atoms with E-state index in [1.165, 1.54) is 18.2 Å². The Kier molecular flexibility index (Phi) is 5.61. The molecule has 0 fully saturated rings. The molecule has 0 aliphatic carbocycles. The molecule has 2 N–H and O–H groups in total. The molecule has 0 bridgehead atoms. The highest BCUT2D eigenvalue weighted by molar-refractivity contribution is 5.78. The van der Waals surface area contributed by atoms with E-state index in [4.69, 9.17) is 8.94 Å². The number of anilines is 3. The standard InChI is InChI=1S/C21H18F3N5O2/c1-3-12-4-7-17(16(23)9-12)26-19-14(5-6-15(22)18(19)24)20-27-28-21(30-20)25-10-13-8-11(2)31-29-13/h4-9,26H,3,10H2,1-2H3,(H,25,28). The van der Waals surface area contributed by atoms with Gasteiger partial charge in [-0.15, -0.1) is 5.10 Å². The van der Waals surface area contributed by atoms with Crippen molar-refractivity contribution in [2.24, 2.45) is 0 Å². The number of hydrogen-bond donors (Lipinski definition) is 2. The molecule has 0 amide bonds. The molecule has 7 nitrogen and oxygen atoms in total. The molecule has 10 heteroatoms. The average molecular weight is 429 g/mol. The SMILES string of the molecule is CCc1ccc(Nc2c(-c3nnc(NCc4cc(C)on4)o3)ccc(F)c2F)c(F)c1. The fourth-order valence-corrected chi connectivity index (χ4v) is 2.94. The van der Waals surface area contributed by atoms with Crippen molar-refractivity contribution in [1.82, 2.24) is 15.4 Å². The molecule has 31 heavy (non-hydrogen) atoms. The van der Waals surface area contributed by atoms with Crippen LogP contribution in [-0.4, -0.2) is 15.4 Å². The third-order valence-electron chi connectivity index (χ3n) is 4.55. The Morgan fingerprint density at radius 3 is 2.55 bits per heavy atom. The number of benzene rings is 2. The van der Waals surface area contributed by atoms with Crippen molar-refractivity contribution in [2.75, 3.05) is 10.6 Å². The lowest BCUT2D eigenvalue weighted by Gasteiger charge is -2.13. The summed E-state index contributed by atoms with van der Waals surface area (Å²) in [6.07, 6.45) is 0.641. The summed E-state index contributed by atoms with van der Waals surface area (Å²) in [4.78, 5) is 0. The van der Waals surface area contributed by atoms with E-state index in [-0.39, 0.29) is 35.4 Å². The second-order valence-corrected chi connectivity index (χ2v) is 6.77. The molecule has 2 heterocycles. The fourth-order valence-electron chi connectivity index (χ4n) is 2.94. The predicted octanol–water partition coefficient (Wildman–Crippen LogP) is 5.37. The smallest absolute Gasteiger partial charge is 0.316 e. The van der Waals surface area contributed by atoms with Crippen molar-refractivity contribution in [2.45, 2.75) is 26.8 Å². The van der Waals surface area contributed by atoms with Gasteiger partial charge in [0.2, 0.25) is 0 Å². The first kappa shape index (κ1) is 20.5. The van der Waals surface area contributed by atoms with Crippen LogP contribution in [0.2, 0.25) is 0 Å². The molecule has 0 radical (unpaired) electrons. The summed E-state index contributed by atoms with van der Waals surface area (Å²) in [6.45, 7) is 3.91. The Bertz CT molecular complexity index is 1220. The Morgan fingerprint density at radius 1 is 1.00 bits per heavy atom. The van der Waals surface area contributed by atoms with Crippen molar-refractivity contribution in [3.05, 3.63) is 70.9 Å². The van der Waals surface area contributed by atoms with Gasteiger partial charge < -0.3 is 19.6 Å². The van der Waals surface area contributed by atoms with Gasteiger partial charge in [0.25, 0.3) is 5.89 Å². The first-order valence-corrected chi connectivity index (χ1v) is 9.48. The Labute approximate surface area is 175 Å². The number of aromatic nitrogens is 3. The van der Waals surface area contributed by atoms with Crippen LogP contribution in [-0.2, 0) is 13.0 Å². The first-order valence-electron chi connectivity index (χ1n) is 9.48. The largest absolute Gasteiger partial charge is 0.403 e. The minimum absolute atomic E-state index is 0.0118. The maximum atomic E-state index is 14.6. The molecule has 0 aliphatic rings. The van der Waals surface area contributed by atoms with Crippen LogP contribution in [0.15, 0.2) is 45.3 Å². The molecular formula is C21H18F3N5O2. The highest BCUT2D eigenvalue weighted by Gasteiger charge is 2.20. The molecule has 4 aromatic rings. The van der Waals surface area contributed by atoms with Crippen molar-refractivity contribution < 1.29 is 22.1 Å². The maximum Gasteiger partial charge on any atom is 0.316 e. The van der Waals surface area contributed by atoms with Crippen molar-refractivity contribution >= 4 is 17.4 Å². The summed E-state index contributed by atoms with van der Waals surface area (Å²) in [5.74, 6) is -2.31. The third-order valence-corrected chi connectivity index (χ3v) is 4.55. The Morgan fingerprint density at radius 2 is 1.84 bits per heavy atom. The van der Waals surface area contributed by atoms with Gasteiger partial charge in [-0.3, -0.25) is 0 Å². The average Bonchev–Trinajstić information content (AvgIpc) is 3.40. The topological polar surface area (TPSA) is 89.0 Å². The number of rotatable bonds is 7. The molecule has 4 rings (SSSR count). The minimum Gasteiger partial charge on any atom is -0.403 e. The number of hydrogen-bond acceptors (Lipinski definition) is 7. The molecule has 2 aromatic heterocycles. The van der Waals surface area contributed by atoms with E-state index < -0.39 is 17.5 Å². The summed E-state index contributed by atoms with van der Waals surface area (Å²) < 4.78 is 53.4. The summed E-state index contributed by atoms with van der Waals surface area (Å²) in [5, 5.41) is 17.0. The van der Waals surface area contributed by atoms with Crippen molar-refractivity contribution in [1.29, 1.82) is 0 Å². The van der Waals surface area contributed by atoms with Gasteiger partial charge in [-0.2, -0.15) is 0 Å². The van der Waals surface area contributed by atoms with Crippen LogP contribution in [0.5, 0.6) is 0 Å². The molecule has 0 unspecified atom stereocenters. The normalized spacial score (nSPS) is 11.0. The van der Waals surface area contributed by atoms with E-state index in [0.29, 0.717) is 17.9 Å². The summed E-state index contributed by atoms with van der Waals surface area (Å²) in [6, 6.07) is 8.48. The number of aryl methyl sites for hydroxylation is 2. The second-order valence-electron chi connectivity index (χ2n) is 6.77. The van der Waals surface area contributed by atoms with Gasteiger partial charge in [0, 0.05) is 6.07 Å². The minimum atomic E-state index is -1.19. The van der Waals surface area contributed by atoms with Crippen LogP contribution in [0.4, 0.5) is 30.6 Å². The molecule has 0 saturated heterocycles. The highest BCUT2D eigenvalue weighted by Crippen LogP contribution is 2.34. The van der Waals surface area contributed by atoms with Crippen LogP contribution in [0.1, 0.15) is 23.9 Å². The zero-order chi connectivity index (χ0) is 22.0. The van der Waals surface area contributed by atoms with E-state index in [0.717, 1.165) is 11.6 Å². The number of nitrogens with zero attached hydrogens (tertiary/aromatic N) is 3. The quantitative estimate of drug-likeness (QED) is 0.408. The molecule has 0 atom stereocenters. The van der Waals surface area contributed by atoms with Crippen molar-refractivity contribution in [3.63, 3.8) is 0 Å². The number of halogens is 3. The second kappa shape index (κ2) is 8.50.